The fourth-order valence-corrected chi connectivity index (χ4v) is 0.918. The van der Waals surface area contributed by atoms with Crippen molar-refractivity contribution in [2.45, 2.75) is 45.9 Å². The Morgan fingerprint density at radius 2 is 1.86 bits per heavy atom. The summed E-state index contributed by atoms with van der Waals surface area (Å²) in [5.74, 6) is -1.36. The van der Waals surface area contributed by atoms with E-state index in [1.165, 1.54) is 0 Å². The molecule has 0 saturated carbocycles. The maximum absolute atomic E-state index is 14.0. The zero-order valence-corrected chi connectivity index (χ0v) is 9.56. The van der Waals surface area contributed by atoms with Crippen molar-refractivity contribution in [3.63, 3.8) is 0 Å². The van der Waals surface area contributed by atoms with Crippen LogP contribution >= 0.6 is 0 Å². The number of hydrogen-bond donors (Lipinski definition) is 1. The molecule has 0 spiro atoms. The minimum atomic E-state index is -2.08. The fourth-order valence-electron chi connectivity index (χ4n) is 0.918. The van der Waals surface area contributed by atoms with Gasteiger partial charge < -0.3 is 10.5 Å². The number of esters is 1. The molecule has 0 saturated heterocycles. The molecule has 0 aliphatic carbocycles. The van der Waals surface area contributed by atoms with Crippen LogP contribution in [0.5, 0.6) is 0 Å². The maximum Gasteiger partial charge on any atom is 0.346 e. The lowest BCUT2D eigenvalue weighted by Crippen LogP contribution is -2.49. The number of nitrogens with two attached hydrogens (primary N) is 1. The number of hydrogen-bond acceptors (Lipinski definition) is 3. The maximum atomic E-state index is 14.0. The molecule has 3 nitrogen and oxygen atoms in total. The molecule has 0 aliphatic rings. The Balaban J connectivity index is 4.64. The van der Waals surface area contributed by atoms with E-state index in [0.29, 0.717) is 0 Å². The quantitative estimate of drug-likeness (QED) is 0.713. The van der Waals surface area contributed by atoms with E-state index in [0.717, 1.165) is 0 Å². The smallest absolute Gasteiger partial charge is 0.346 e. The molecule has 4 heteroatoms. The average molecular weight is 205 g/mol. The topological polar surface area (TPSA) is 52.3 Å². The summed E-state index contributed by atoms with van der Waals surface area (Å²) in [7, 11) is 0. The molecule has 0 radical (unpaired) electrons. The standard InChI is InChI=1S/C10H20FNO2/c1-7(2)10(11,6-12)8(13)14-9(3,4)5/h7H,6,12H2,1-5H3. The summed E-state index contributed by atoms with van der Waals surface area (Å²) in [6.45, 7) is 7.96. The third-order valence-corrected chi connectivity index (χ3v) is 1.95. The van der Waals surface area contributed by atoms with Crippen LogP contribution in [0.25, 0.3) is 0 Å². The molecule has 84 valence electrons. The third-order valence-electron chi connectivity index (χ3n) is 1.95. The highest BCUT2D eigenvalue weighted by Crippen LogP contribution is 2.25. The first-order valence-corrected chi connectivity index (χ1v) is 4.76. The van der Waals surface area contributed by atoms with Crippen molar-refractivity contribution >= 4 is 5.97 Å². The van der Waals surface area contributed by atoms with Crippen molar-refractivity contribution in [1.82, 2.24) is 0 Å². The lowest BCUT2D eigenvalue weighted by molar-refractivity contribution is -0.172. The summed E-state index contributed by atoms with van der Waals surface area (Å²) in [6, 6.07) is 0. The second-order valence-corrected chi connectivity index (χ2v) is 4.72. The minimum absolute atomic E-state index is 0.348. The van der Waals surface area contributed by atoms with Gasteiger partial charge in [-0.3, -0.25) is 0 Å². The number of ether oxygens (including phenoxy) is 1. The molecule has 1 atom stereocenters. The van der Waals surface area contributed by atoms with Crippen molar-refractivity contribution in [3.05, 3.63) is 0 Å². The first-order valence-electron chi connectivity index (χ1n) is 4.76. The number of alkyl halides is 1. The molecular formula is C10H20FNO2. The van der Waals surface area contributed by atoms with Crippen LogP contribution in [0.4, 0.5) is 4.39 Å². The first kappa shape index (κ1) is 13.4. The van der Waals surface area contributed by atoms with Crippen LogP contribution in [0.1, 0.15) is 34.6 Å². The van der Waals surface area contributed by atoms with Gasteiger partial charge in [0.1, 0.15) is 5.60 Å². The molecule has 0 aliphatic heterocycles. The van der Waals surface area contributed by atoms with E-state index in [1.54, 1.807) is 34.6 Å². The van der Waals surface area contributed by atoms with Gasteiger partial charge in [-0.25, -0.2) is 9.18 Å². The summed E-state index contributed by atoms with van der Waals surface area (Å²) in [5.41, 5.74) is 2.49. The number of carbonyl (C=O) groups is 1. The minimum Gasteiger partial charge on any atom is -0.458 e. The van der Waals surface area contributed by atoms with Gasteiger partial charge in [-0.05, 0) is 26.7 Å². The second kappa shape index (κ2) is 4.26. The van der Waals surface area contributed by atoms with Crippen molar-refractivity contribution < 1.29 is 13.9 Å². The molecule has 0 aromatic heterocycles. The van der Waals surface area contributed by atoms with E-state index in [4.69, 9.17) is 10.5 Å². The summed E-state index contributed by atoms with van der Waals surface area (Å²) < 4.78 is 18.9. The number of rotatable bonds is 3. The van der Waals surface area contributed by atoms with E-state index in [-0.39, 0.29) is 6.54 Å². The number of carbonyl (C=O) groups excluding carboxylic acids is 1. The van der Waals surface area contributed by atoms with E-state index in [9.17, 15) is 9.18 Å². The third kappa shape index (κ3) is 3.25. The van der Waals surface area contributed by atoms with Gasteiger partial charge in [0.25, 0.3) is 0 Å². The van der Waals surface area contributed by atoms with Crippen LogP contribution in [0.3, 0.4) is 0 Å². The largest absolute Gasteiger partial charge is 0.458 e. The Kier molecular flexibility index (Phi) is 4.06. The predicted octanol–water partition coefficient (Wildman–Crippen LogP) is 1.65. The molecule has 0 heterocycles. The molecule has 0 aromatic carbocycles. The molecule has 0 fully saturated rings. The molecule has 0 bridgehead atoms. The van der Waals surface area contributed by atoms with E-state index < -0.39 is 23.2 Å². The molecule has 0 aromatic rings. The zero-order chi connectivity index (χ0) is 11.6. The Labute approximate surface area is 84.8 Å². The van der Waals surface area contributed by atoms with Crippen molar-refractivity contribution in [2.75, 3.05) is 6.54 Å². The van der Waals surface area contributed by atoms with Gasteiger partial charge >= 0.3 is 5.97 Å². The van der Waals surface area contributed by atoms with Gasteiger partial charge in [0.2, 0.25) is 5.67 Å². The van der Waals surface area contributed by atoms with Gasteiger partial charge in [0.15, 0.2) is 0 Å². The van der Waals surface area contributed by atoms with Gasteiger partial charge in [0.05, 0.1) is 0 Å². The molecule has 1 unspecified atom stereocenters. The normalized spacial score (nSPS) is 16.6. The second-order valence-electron chi connectivity index (χ2n) is 4.72. The van der Waals surface area contributed by atoms with Crippen LogP contribution in [0.2, 0.25) is 0 Å². The van der Waals surface area contributed by atoms with E-state index in [2.05, 4.69) is 0 Å². The van der Waals surface area contributed by atoms with Crippen LogP contribution in [0.15, 0.2) is 0 Å². The predicted molar refractivity (Wildman–Crippen MR) is 53.6 cm³/mol. The van der Waals surface area contributed by atoms with E-state index in [1.807, 2.05) is 0 Å². The molecule has 2 N–H and O–H groups in total. The molecular weight excluding hydrogens is 185 g/mol. The van der Waals surface area contributed by atoms with E-state index >= 15 is 0 Å². The highest BCUT2D eigenvalue weighted by molar-refractivity contribution is 5.80. The molecule has 14 heavy (non-hydrogen) atoms. The SMILES string of the molecule is CC(C)C(F)(CN)C(=O)OC(C)(C)C. The van der Waals surface area contributed by atoms with Crippen LogP contribution in [0, 0.1) is 5.92 Å². The van der Waals surface area contributed by atoms with Crippen molar-refractivity contribution in [3.8, 4) is 0 Å². The lowest BCUT2D eigenvalue weighted by Gasteiger charge is -2.29. The van der Waals surface area contributed by atoms with Crippen molar-refractivity contribution in [2.24, 2.45) is 11.7 Å². The highest BCUT2D eigenvalue weighted by atomic mass is 19.1. The monoisotopic (exact) mass is 205 g/mol. The average Bonchev–Trinajstić information content (AvgIpc) is 1.99. The Morgan fingerprint density at radius 1 is 1.43 bits per heavy atom. The van der Waals surface area contributed by atoms with Gasteiger partial charge in [-0.15, -0.1) is 0 Å². The molecule has 0 amide bonds. The fraction of sp³-hybridized carbons (Fsp3) is 0.900. The summed E-state index contributed by atoms with van der Waals surface area (Å²) in [6.07, 6.45) is 0. The summed E-state index contributed by atoms with van der Waals surface area (Å²) in [4.78, 5) is 11.5. The summed E-state index contributed by atoms with van der Waals surface area (Å²) in [5, 5.41) is 0. The molecule has 0 rings (SSSR count). The van der Waals surface area contributed by atoms with Crippen LogP contribution in [-0.4, -0.2) is 23.8 Å². The zero-order valence-electron chi connectivity index (χ0n) is 9.56. The lowest BCUT2D eigenvalue weighted by atomic mass is 9.92. The Hall–Kier alpha value is -0.640. The van der Waals surface area contributed by atoms with Gasteiger partial charge in [-0.1, -0.05) is 13.8 Å². The summed E-state index contributed by atoms with van der Waals surface area (Å²) >= 11 is 0. The number of halogens is 1. The van der Waals surface area contributed by atoms with Crippen LogP contribution in [-0.2, 0) is 9.53 Å². The first-order chi connectivity index (χ1) is 6.13. The van der Waals surface area contributed by atoms with Crippen LogP contribution < -0.4 is 5.73 Å². The highest BCUT2D eigenvalue weighted by Gasteiger charge is 2.43. The van der Waals surface area contributed by atoms with Gasteiger partial charge in [-0.2, -0.15) is 0 Å². The van der Waals surface area contributed by atoms with Gasteiger partial charge in [0, 0.05) is 6.54 Å². The Morgan fingerprint density at radius 3 is 2.07 bits per heavy atom. The van der Waals surface area contributed by atoms with Crippen molar-refractivity contribution in [1.29, 1.82) is 0 Å². The Bertz CT molecular complexity index is 211.